The normalized spacial score (nSPS) is 10.8. The van der Waals surface area contributed by atoms with Gasteiger partial charge in [0.25, 0.3) is 5.91 Å². The van der Waals surface area contributed by atoms with Crippen molar-refractivity contribution >= 4 is 5.91 Å². The van der Waals surface area contributed by atoms with E-state index in [9.17, 15) is 15.0 Å². The van der Waals surface area contributed by atoms with Gasteiger partial charge in [0.2, 0.25) is 0 Å². The van der Waals surface area contributed by atoms with Crippen molar-refractivity contribution in [2.45, 2.75) is 33.6 Å². The molecular weight excluding hydrogens is 294 g/mol. The van der Waals surface area contributed by atoms with Gasteiger partial charge in [-0.05, 0) is 50.8 Å². The van der Waals surface area contributed by atoms with Crippen molar-refractivity contribution in [3.63, 3.8) is 0 Å². The molecule has 0 radical (unpaired) electrons. The van der Waals surface area contributed by atoms with Crippen molar-refractivity contribution in [2.24, 2.45) is 7.05 Å². The molecule has 6 nitrogen and oxygen atoms in total. The minimum atomic E-state index is -0.391. The lowest BCUT2D eigenvalue weighted by Crippen LogP contribution is -2.25. The van der Waals surface area contributed by atoms with Gasteiger partial charge >= 0.3 is 0 Å². The predicted molar refractivity (Wildman–Crippen MR) is 87.8 cm³/mol. The molecule has 6 heteroatoms. The standard InChI is InChI=1S/C17H23N3O3/c1-10-7-8-14(16(22)15(10)21)17(23)18-9-5-6-13-11(2)19-20(4)12(13)3/h7-8,21-22H,5-6,9H2,1-4H3,(H,18,23). The third-order valence-corrected chi connectivity index (χ3v) is 4.15. The van der Waals surface area contributed by atoms with Crippen LogP contribution in [0, 0.1) is 20.8 Å². The molecule has 0 aliphatic heterocycles. The van der Waals surface area contributed by atoms with Crippen LogP contribution in [0.1, 0.15) is 39.3 Å². The van der Waals surface area contributed by atoms with Crippen LogP contribution < -0.4 is 5.32 Å². The first-order chi connectivity index (χ1) is 10.8. The molecule has 0 unspecified atom stereocenters. The van der Waals surface area contributed by atoms with Gasteiger partial charge in [0.05, 0.1) is 11.3 Å². The third kappa shape index (κ3) is 3.47. The molecule has 0 aliphatic rings. The molecule has 0 saturated carbocycles. The van der Waals surface area contributed by atoms with Gasteiger partial charge in [0.15, 0.2) is 11.5 Å². The fourth-order valence-corrected chi connectivity index (χ4v) is 2.61. The number of phenolic OH excluding ortho intramolecular Hbond substituents is 2. The number of carbonyl (C=O) groups excluding carboxylic acids is 1. The van der Waals surface area contributed by atoms with Gasteiger partial charge in [0.1, 0.15) is 0 Å². The van der Waals surface area contributed by atoms with E-state index >= 15 is 0 Å². The fourth-order valence-electron chi connectivity index (χ4n) is 2.61. The highest BCUT2D eigenvalue weighted by Gasteiger charge is 2.15. The number of carbonyl (C=O) groups is 1. The Hall–Kier alpha value is -2.50. The summed E-state index contributed by atoms with van der Waals surface area (Å²) in [6.07, 6.45) is 1.61. The number of nitrogens with one attached hydrogen (secondary N) is 1. The quantitative estimate of drug-likeness (QED) is 0.582. The molecule has 0 spiro atoms. The van der Waals surface area contributed by atoms with Gasteiger partial charge in [-0.25, -0.2) is 0 Å². The van der Waals surface area contributed by atoms with E-state index in [1.54, 1.807) is 13.0 Å². The van der Waals surface area contributed by atoms with E-state index in [0.29, 0.717) is 12.1 Å². The van der Waals surface area contributed by atoms with E-state index in [1.165, 1.54) is 11.6 Å². The average Bonchev–Trinajstić information content (AvgIpc) is 2.74. The molecule has 3 N–H and O–H groups in total. The summed E-state index contributed by atoms with van der Waals surface area (Å²) in [6.45, 7) is 6.16. The van der Waals surface area contributed by atoms with Crippen LogP contribution in [0.5, 0.6) is 11.5 Å². The van der Waals surface area contributed by atoms with Crippen LogP contribution in [0.25, 0.3) is 0 Å². The molecule has 0 atom stereocenters. The molecule has 124 valence electrons. The van der Waals surface area contributed by atoms with Crippen molar-refractivity contribution in [1.29, 1.82) is 0 Å². The molecule has 0 bridgehead atoms. The van der Waals surface area contributed by atoms with Crippen LogP contribution in [0.3, 0.4) is 0 Å². The molecule has 1 amide bonds. The topological polar surface area (TPSA) is 87.4 Å². The number of hydrogen-bond acceptors (Lipinski definition) is 4. The number of aromatic nitrogens is 2. The summed E-state index contributed by atoms with van der Waals surface area (Å²) in [6, 6.07) is 3.11. The van der Waals surface area contributed by atoms with Gasteiger partial charge in [-0.3, -0.25) is 9.48 Å². The Morgan fingerprint density at radius 2 is 1.91 bits per heavy atom. The molecular formula is C17H23N3O3. The summed E-state index contributed by atoms with van der Waals surface area (Å²) < 4.78 is 1.86. The SMILES string of the molecule is Cc1ccc(C(=O)NCCCc2c(C)nn(C)c2C)c(O)c1O. The first-order valence-electron chi connectivity index (χ1n) is 7.61. The minimum Gasteiger partial charge on any atom is -0.504 e. The molecule has 1 heterocycles. The smallest absolute Gasteiger partial charge is 0.255 e. The molecule has 0 aliphatic carbocycles. The second kappa shape index (κ2) is 6.73. The fraction of sp³-hybridized carbons (Fsp3) is 0.412. The third-order valence-electron chi connectivity index (χ3n) is 4.15. The lowest BCUT2D eigenvalue weighted by Gasteiger charge is -2.09. The van der Waals surface area contributed by atoms with Gasteiger partial charge in [-0.1, -0.05) is 6.07 Å². The number of nitrogens with zero attached hydrogens (tertiary/aromatic N) is 2. The molecule has 0 fully saturated rings. The molecule has 0 saturated heterocycles. The number of benzene rings is 1. The molecule has 23 heavy (non-hydrogen) atoms. The molecule has 2 rings (SSSR count). The lowest BCUT2D eigenvalue weighted by molar-refractivity contribution is 0.0950. The van der Waals surface area contributed by atoms with Crippen LogP contribution in [-0.2, 0) is 13.5 Å². The van der Waals surface area contributed by atoms with Gasteiger partial charge < -0.3 is 15.5 Å². The first-order valence-corrected chi connectivity index (χ1v) is 7.61. The summed E-state index contributed by atoms with van der Waals surface area (Å²) in [5.74, 6) is -1.02. The zero-order valence-electron chi connectivity index (χ0n) is 14.0. The Kier molecular flexibility index (Phi) is 4.93. The van der Waals surface area contributed by atoms with Crippen molar-refractivity contribution in [1.82, 2.24) is 15.1 Å². The highest BCUT2D eigenvalue weighted by Crippen LogP contribution is 2.31. The maximum atomic E-state index is 12.1. The van der Waals surface area contributed by atoms with E-state index in [2.05, 4.69) is 10.4 Å². The number of hydrogen-bond donors (Lipinski definition) is 3. The maximum absolute atomic E-state index is 12.1. The Bertz CT molecular complexity index is 735. The van der Waals surface area contributed by atoms with Crippen molar-refractivity contribution < 1.29 is 15.0 Å². The number of aromatic hydroxyl groups is 2. The largest absolute Gasteiger partial charge is 0.504 e. The summed E-state index contributed by atoms with van der Waals surface area (Å²) in [5.41, 5.74) is 3.97. The Morgan fingerprint density at radius 3 is 2.52 bits per heavy atom. The van der Waals surface area contributed by atoms with E-state index in [-0.39, 0.29) is 17.1 Å². The van der Waals surface area contributed by atoms with Gasteiger partial charge in [0, 0.05) is 19.3 Å². The number of amides is 1. The summed E-state index contributed by atoms with van der Waals surface area (Å²) in [4.78, 5) is 12.1. The van der Waals surface area contributed by atoms with Crippen molar-refractivity contribution in [3.05, 3.63) is 40.2 Å². The number of rotatable bonds is 5. The van der Waals surface area contributed by atoms with Gasteiger partial charge in [-0.15, -0.1) is 0 Å². The Labute approximate surface area is 135 Å². The number of phenols is 2. The first kappa shape index (κ1) is 16.9. The van der Waals surface area contributed by atoms with Crippen LogP contribution in [-0.4, -0.2) is 32.4 Å². The summed E-state index contributed by atoms with van der Waals surface area (Å²) >= 11 is 0. The summed E-state index contributed by atoms with van der Waals surface area (Å²) in [5, 5.41) is 26.7. The van der Waals surface area contributed by atoms with E-state index in [4.69, 9.17) is 0 Å². The number of aryl methyl sites for hydroxylation is 3. The zero-order chi connectivity index (χ0) is 17.1. The van der Waals surface area contributed by atoms with E-state index in [0.717, 1.165) is 24.2 Å². The zero-order valence-corrected chi connectivity index (χ0v) is 14.0. The highest BCUT2D eigenvalue weighted by atomic mass is 16.3. The van der Waals surface area contributed by atoms with E-state index < -0.39 is 5.91 Å². The monoisotopic (exact) mass is 317 g/mol. The Morgan fingerprint density at radius 1 is 1.22 bits per heavy atom. The van der Waals surface area contributed by atoms with Crippen LogP contribution >= 0.6 is 0 Å². The van der Waals surface area contributed by atoms with Crippen LogP contribution in [0.4, 0.5) is 0 Å². The lowest BCUT2D eigenvalue weighted by atomic mass is 10.1. The molecule has 1 aromatic carbocycles. The van der Waals surface area contributed by atoms with Crippen molar-refractivity contribution in [3.8, 4) is 11.5 Å². The van der Waals surface area contributed by atoms with E-state index in [1.807, 2.05) is 25.6 Å². The van der Waals surface area contributed by atoms with Crippen molar-refractivity contribution in [2.75, 3.05) is 6.54 Å². The minimum absolute atomic E-state index is 0.0850. The second-order valence-electron chi connectivity index (χ2n) is 5.76. The second-order valence-corrected chi connectivity index (χ2v) is 5.76. The predicted octanol–water partition coefficient (Wildman–Crippen LogP) is 2.12. The summed E-state index contributed by atoms with van der Waals surface area (Å²) in [7, 11) is 1.92. The Balaban J connectivity index is 1.92. The maximum Gasteiger partial charge on any atom is 0.255 e. The van der Waals surface area contributed by atoms with Crippen LogP contribution in [0.2, 0.25) is 0 Å². The molecule has 2 aromatic rings. The molecule has 1 aromatic heterocycles. The average molecular weight is 317 g/mol. The highest BCUT2D eigenvalue weighted by molar-refractivity contribution is 5.97. The van der Waals surface area contributed by atoms with Gasteiger partial charge in [-0.2, -0.15) is 5.10 Å². The van der Waals surface area contributed by atoms with Crippen LogP contribution in [0.15, 0.2) is 12.1 Å².